The van der Waals surface area contributed by atoms with Gasteiger partial charge in [0.1, 0.15) is 0 Å². The van der Waals surface area contributed by atoms with Gasteiger partial charge in [0.05, 0.1) is 11.7 Å². The summed E-state index contributed by atoms with van der Waals surface area (Å²) in [6, 6.07) is -0.0600. The Morgan fingerprint density at radius 2 is 1.56 bits per heavy atom. The molecule has 2 aliphatic heterocycles. The zero-order valence-electron chi connectivity index (χ0n) is 25.5. The Hall–Kier alpha value is -2.43. The molecule has 230 valence electrons. The predicted octanol–water partition coefficient (Wildman–Crippen LogP) is 6.95. The van der Waals surface area contributed by atoms with Crippen LogP contribution in [0.3, 0.4) is 0 Å². The Morgan fingerprint density at radius 1 is 0.951 bits per heavy atom. The maximum Gasteiger partial charge on any atom is 0.455 e. The van der Waals surface area contributed by atoms with Crippen LogP contribution in [0.15, 0.2) is 16.9 Å². The molecule has 2 fully saturated rings. The molecule has 4 heterocycles. The molecule has 41 heavy (non-hydrogen) atoms. The quantitative estimate of drug-likeness (QED) is 0.282. The number of halogens is 3. The van der Waals surface area contributed by atoms with E-state index in [1.807, 2.05) is 12.4 Å². The van der Waals surface area contributed by atoms with Crippen molar-refractivity contribution in [2.45, 2.75) is 111 Å². The summed E-state index contributed by atoms with van der Waals surface area (Å²) in [5, 5.41) is 3.08. The molecule has 0 spiro atoms. The number of aromatic nitrogens is 4. The highest BCUT2D eigenvalue weighted by molar-refractivity contribution is 5.30. The first kappa shape index (κ1) is 31.5. The van der Waals surface area contributed by atoms with Gasteiger partial charge in [0.2, 0.25) is 5.95 Å². The largest absolute Gasteiger partial charge is 0.455 e. The monoisotopic (exact) mass is 580 g/mol. The third-order valence-corrected chi connectivity index (χ3v) is 9.13. The predicted molar refractivity (Wildman–Crippen MR) is 153 cm³/mol. The number of ether oxygens (including phenoxy) is 1. The molecular formula is C30H47F3N6O2. The van der Waals surface area contributed by atoms with Crippen LogP contribution in [0.25, 0.3) is 0 Å². The maximum absolute atomic E-state index is 12.8. The fourth-order valence-electron chi connectivity index (χ4n) is 6.29. The highest BCUT2D eigenvalue weighted by Crippen LogP contribution is 2.41. The minimum atomic E-state index is -4.60. The molecule has 2 aromatic rings. The molecule has 8 nitrogen and oxygen atoms in total. The molecule has 1 unspecified atom stereocenters. The van der Waals surface area contributed by atoms with Gasteiger partial charge >= 0.3 is 12.2 Å². The molecular weight excluding hydrogens is 533 g/mol. The van der Waals surface area contributed by atoms with Crippen molar-refractivity contribution >= 4 is 12.0 Å². The van der Waals surface area contributed by atoms with E-state index in [2.05, 4.69) is 66.6 Å². The van der Waals surface area contributed by atoms with Crippen LogP contribution in [-0.2, 0) is 17.3 Å². The molecule has 11 heteroatoms. The van der Waals surface area contributed by atoms with Gasteiger partial charge < -0.3 is 19.1 Å². The average molecular weight is 581 g/mol. The van der Waals surface area contributed by atoms with Gasteiger partial charge in [0.25, 0.3) is 5.82 Å². The van der Waals surface area contributed by atoms with Crippen molar-refractivity contribution in [3.8, 4) is 0 Å². The van der Waals surface area contributed by atoms with Crippen molar-refractivity contribution in [3.63, 3.8) is 0 Å². The second kappa shape index (κ2) is 12.8. The van der Waals surface area contributed by atoms with Gasteiger partial charge in [-0.2, -0.15) is 18.2 Å². The highest BCUT2D eigenvalue weighted by Gasteiger charge is 2.39. The summed E-state index contributed by atoms with van der Waals surface area (Å²) in [5.74, 6) is 0.579. The number of aryl methyl sites for hydroxylation is 1. The Kier molecular flexibility index (Phi) is 9.86. The molecule has 2 aromatic heterocycles. The van der Waals surface area contributed by atoms with Gasteiger partial charge in [-0.15, -0.1) is 0 Å². The van der Waals surface area contributed by atoms with Crippen LogP contribution >= 0.6 is 0 Å². The number of nitrogens with zero attached hydrogens (tertiary/aromatic N) is 6. The molecule has 0 aliphatic carbocycles. The van der Waals surface area contributed by atoms with Gasteiger partial charge in [-0.3, -0.25) is 0 Å². The lowest BCUT2D eigenvalue weighted by Gasteiger charge is -2.43. The second-order valence-corrected chi connectivity index (χ2v) is 13.2. The number of anilines is 2. The van der Waals surface area contributed by atoms with Crippen molar-refractivity contribution in [1.29, 1.82) is 0 Å². The maximum atomic E-state index is 12.8. The van der Waals surface area contributed by atoms with Crippen molar-refractivity contribution in [3.05, 3.63) is 23.8 Å². The Bertz CT molecular complexity index is 1090. The highest BCUT2D eigenvalue weighted by atomic mass is 19.4. The standard InChI is InChI=1S/C30H47F3N6O2/c1-7-8-22-19-34-26(35-20-22)38-17-11-24(12-18-38)28(3,4)13-14-29(5,6)40-21(2)23-9-15-39(16-10-23)27-36-25(37-41-27)30(31,32)33/h19-21,23-24H,7-18H2,1-6H3. The third kappa shape index (κ3) is 8.32. The summed E-state index contributed by atoms with van der Waals surface area (Å²) in [4.78, 5) is 16.8. The average Bonchev–Trinajstić information content (AvgIpc) is 3.44. The molecule has 0 aromatic carbocycles. The SMILES string of the molecule is CCCc1cnc(N2CCC(C(C)(C)CCC(C)(C)OC(C)C3CCN(c4nc(C(F)(F)F)no4)CC3)CC2)nc1. The van der Waals surface area contributed by atoms with Crippen LogP contribution in [0.4, 0.5) is 25.1 Å². The number of rotatable bonds is 11. The normalized spacial score (nSPS) is 19.1. The molecule has 4 rings (SSSR count). The van der Waals surface area contributed by atoms with E-state index in [9.17, 15) is 13.2 Å². The Morgan fingerprint density at radius 3 is 2.12 bits per heavy atom. The van der Waals surface area contributed by atoms with Crippen molar-refractivity contribution in [1.82, 2.24) is 20.1 Å². The molecule has 1 atom stereocenters. The Balaban J connectivity index is 1.20. The summed E-state index contributed by atoms with van der Waals surface area (Å²) in [6.07, 6.45) is 7.42. The summed E-state index contributed by atoms with van der Waals surface area (Å²) < 4.78 is 49.9. The van der Waals surface area contributed by atoms with Crippen LogP contribution in [0.2, 0.25) is 0 Å². The number of piperidine rings is 2. The summed E-state index contributed by atoms with van der Waals surface area (Å²) in [6.45, 7) is 16.5. The van der Waals surface area contributed by atoms with E-state index in [4.69, 9.17) is 9.26 Å². The van der Waals surface area contributed by atoms with Gasteiger partial charge in [0.15, 0.2) is 0 Å². The van der Waals surface area contributed by atoms with E-state index in [1.54, 1.807) is 4.90 Å². The van der Waals surface area contributed by atoms with E-state index in [0.717, 1.165) is 70.4 Å². The molecule has 0 N–H and O–H groups in total. The van der Waals surface area contributed by atoms with Crippen molar-refractivity contribution in [2.75, 3.05) is 36.0 Å². The van der Waals surface area contributed by atoms with Crippen molar-refractivity contribution in [2.24, 2.45) is 17.3 Å². The lowest BCUT2D eigenvalue weighted by molar-refractivity contribution is -0.146. The minimum absolute atomic E-state index is 0.0515. The third-order valence-electron chi connectivity index (χ3n) is 9.13. The summed E-state index contributed by atoms with van der Waals surface area (Å²) >= 11 is 0. The first-order valence-electron chi connectivity index (χ1n) is 15.2. The van der Waals surface area contributed by atoms with Crippen molar-refractivity contribution < 1.29 is 22.4 Å². The first-order chi connectivity index (χ1) is 19.3. The van der Waals surface area contributed by atoms with Crippen LogP contribution in [0.1, 0.15) is 97.9 Å². The number of hydrogen-bond donors (Lipinski definition) is 0. The zero-order chi connectivity index (χ0) is 29.8. The number of alkyl halides is 3. The van der Waals surface area contributed by atoms with Crippen LogP contribution in [0.5, 0.6) is 0 Å². The van der Waals surface area contributed by atoms with E-state index in [1.165, 1.54) is 5.56 Å². The van der Waals surface area contributed by atoms with Crippen LogP contribution in [-0.4, -0.2) is 58.0 Å². The zero-order valence-corrected chi connectivity index (χ0v) is 25.5. The van der Waals surface area contributed by atoms with Gasteiger partial charge in [-0.1, -0.05) is 27.2 Å². The molecule has 0 bridgehead atoms. The lowest BCUT2D eigenvalue weighted by Crippen LogP contribution is -2.42. The fraction of sp³-hybridized carbons (Fsp3) is 0.800. The van der Waals surface area contributed by atoms with E-state index >= 15 is 0 Å². The van der Waals surface area contributed by atoms with E-state index < -0.39 is 12.0 Å². The minimum Gasteiger partial charge on any atom is -0.372 e. The molecule has 0 amide bonds. The first-order valence-corrected chi connectivity index (χ1v) is 15.2. The van der Waals surface area contributed by atoms with E-state index in [-0.39, 0.29) is 23.1 Å². The van der Waals surface area contributed by atoms with Gasteiger partial charge in [0, 0.05) is 38.6 Å². The van der Waals surface area contributed by atoms with Gasteiger partial charge in [-0.25, -0.2) is 9.97 Å². The molecule has 0 saturated carbocycles. The summed E-state index contributed by atoms with van der Waals surface area (Å²) in [7, 11) is 0. The molecule has 0 radical (unpaired) electrons. The van der Waals surface area contributed by atoms with Crippen LogP contribution < -0.4 is 9.80 Å². The smallest absolute Gasteiger partial charge is 0.372 e. The second-order valence-electron chi connectivity index (χ2n) is 13.2. The lowest BCUT2D eigenvalue weighted by atomic mass is 9.70. The van der Waals surface area contributed by atoms with Crippen LogP contribution in [0, 0.1) is 17.3 Å². The van der Waals surface area contributed by atoms with Gasteiger partial charge in [-0.05, 0) is 93.7 Å². The number of hydrogen-bond acceptors (Lipinski definition) is 8. The topological polar surface area (TPSA) is 80.4 Å². The molecule has 2 aliphatic rings. The fourth-order valence-corrected chi connectivity index (χ4v) is 6.29. The Labute approximate surface area is 242 Å². The van der Waals surface area contributed by atoms with E-state index in [0.29, 0.717) is 24.9 Å². The molecule has 2 saturated heterocycles. The summed E-state index contributed by atoms with van der Waals surface area (Å²) in [5.41, 5.74) is 1.13.